The zero-order chi connectivity index (χ0) is 13.0. The van der Waals surface area contributed by atoms with Crippen molar-refractivity contribution in [3.8, 4) is 0 Å². The van der Waals surface area contributed by atoms with Gasteiger partial charge in [0.15, 0.2) is 5.78 Å². The second-order valence-electron chi connectivity index (χ2n) is 3.81. The van der Waals surface area contributed by atoms with Gasteiger partial charge in [0.25, 0.3) is 0 Å². The van der Waals surface area contributed by atoms with Gasteiger partial charge in [-0.15, -0.1) is 0 Å². The first-order chi connectivity index (χ1) is 8.74. The monoisotopic (exact) mass is 243 g/mol. The molecule has 18 heavy (non-hydrogen) atoms. The van der Waals surface area contributed by atoms with Crippen LogP contribution in [0.4, 0.5) is 0 Å². The molecule has 1 aromatic carbocycles. The number of hydrogen-bond donors (Lipinski definition) is 0. The van der Waals surface area contributed by atoms with Gasteiger partial charge in [0.2, 0.25) is 0 Å². The first-order valence-corrected chi connectivity index (χ1v) is 5.73. The fraction of sp³-hybridized carbons (Fsp3) is 0.214. The maximum absolute atomic E-state index is 12.2. The molecular formula is C14H13NO3. The molecule has 0 aromatic heterocycles. The number of Topliss-reactive ketones (excluding diaryl/α,β-unsaturated/α-hetero) is 1. The fourth-order valence-electron chi connectivity index (χ4n) is 1.76. The molecule has 1 unspecified atom stereocenters. The van der Waals surface area contributed by atoms with Crippen molar-refractivity contribution in [3.05, 3.63) is 47.7 Å². The fourth-order valence-corrected chi connectivity index (χ4v) is 1.76. The van der Waals surface area contributed by atoms with Crippen molar-refractivity contribution in [2.45, 2.75) is 12.8 Å². The van der Waals surface area contributed by atoms with E-state index in [9.17, 15) is 9.59 Å². The van der Waals surface area contributed by atoms with Gasteiger partial charge in [-0.2, -0.15) is 0 Å². The number of hydrogen-bond acceptors (Lipinski definition) is 4. The molecule has 0 amide bonds. The third-order valence-electron chi connectivity index (χ3n) is 2.64. The number of carbonyl (C=O) groups is 2. The summed E-state index contributed by atoms with van der Waals surface area (Å²) in [6.07, 6.45) is 2.81. The zero-order valence-electron chi connectivity index (χ0n) is 10.00. The summed E-state index contributed by atoms with van der Waals surface area (Å²) in [7, 11) is 0. The molecule has 0 spiro atoms. The molecule has 0 N–H and O–H groups in total. The van der Waals surface area contributed by atoms with Gasteiger partial charge >= 0.3 is 5.97 Å². The highest BCUT2D eigenvalue weighted by Crippen LogP contribution is 2.22. The van der Waals surface area contributed by atoms with E-state index in [1.165, 1.54) is 6.20 Å². The van der Waals surface area contributed by atoms with E-state index in [0.717, 1.165) is 5.56 Å². The lowest BCUT2D eigenvalue weighted by atomic mass is 9.90. The summed E-state index contributed by atoms with van der Waals surface area (Å²) >= 11 is 0. The van der Waals surface area contributed by atoms with Crippen molar-refractivity contribution in [2.75, 3.05) is 6.61 Å². The van der Waals surface area contributed by atoms with Crippen LogP contribution in [0.1, 0.15) is 18.4 Å². The quantitative estimate of drug-likeness (QED) is 0.601. The number of ketones is 1. The van der Waals surface area contributed by atoms with E-state index in [4.69, 9.17) is 4.74 Å². The van der Waals surface area contributed by atoms with Crippen LogP contribution in [-0.4, -0.2) is 24.6 Å². The molecule has 0 saturated heterocycles. The summed E-state index contributed by atoms with van der Waals surface area (Å²) in [5.74, 6) is -1.38. The minimum atomic E-state index is -0.611. The van der Waals surface area contributed by atoms with Crippen molar-refractivity contribution in [2.24, 2.45) is 4.99 Å². The number of ether oxygens (including phenoxy) is 1. The molecule has 0 aliphatic carbocycles. The normalized spacial score (nSPS) is 18.4. The third-order valence-corrected chi connectivity index (χ3v) is 2.64. The second kappa shape index (κ2) is 5.40. The van der Waals surface area contributed by atoms with E-state index in [1.807, 2.05) is 30.3 Å². The minimum absolute atomic E-state index is 0.00760. The molecule has 1 atom stereocenters. The summed E-state index contributed by atoms with van der Waals surface area (Å²) in [5.41, 5.74) is 0.828. The van der Waals surface area contributed by atoms with Crippen molar-refractivity contribution in [3.63, 3.8) is 0 Å². The molecule has 4 heteroatoms. The van der Waals surface area contributed by atoms with Crippen molar-refractivity contribution in [1.82, 2.24) is 0 Å². The first-order valence-electron chi connectivity index (χ1n) is 5.73. The van der Waals surface area contributed by atoms with E-state index in [-0.39, 0.29) is 18.0 Å². The number of esters is 1. The third kappa shape index (κ3) is 2.37. The van der Waals surface area contributed by atoms with Crippen molar-refractivity contribution < 1.29 is 14.3 Å². The maximum Gasteiger partial charge on any atom is 0.343 e. The molecular weight excluding hydrogens is 230 g/mol. The van der Waals surface area contributed by atoms with Crippen molar-refractivity contribution in [1.29, 1.82) is 0 Å². The molecule has 1 aliphatic rings. The zero-order valence-corrected chi connectivity index (χ0v) is 10.00. The summed E-state index contributed by atoms with van der Waals surface area (Å²) in [4.78, 5) is 27.7. The Bertz CT molecular complexity index is 517. The smallest absolute Gasteiger partial charge is 0.343 e. The first kappa shape index (κ1) is 12.2. The van der Waals surface area contributed by atoms with Crippen LogP contribution >= 0.6 is 0 Å². The molecule has 1 heterocycles. The number of aliphatic imine (C=N–C) groups is 1. The van der Waals surface area contributed by atoms with Gasteiger partial charge in [0.1, 0.15) is 5.57 Å². The average molecular weight is 243 g/mol. The topological polar surface area (TPSA) is 55.7 Å². The predicted octanol–water partition coefficient (Wildman–Crippen LogP) is 1.87. The lowest BCUT2D eigenvalue weighted by molar-refractivity contribution is -0.140. The molecule has 2 rings (SSSR count). The van der Waals surface area contributed by atoms with Crippen LogP contribution in [0.3, 0.4) is 0 Å². The van der Waals surface area contributed by atoms with E-state index in [0.29, 0.717) is 0 Å². The highest BCUT2D eigenvalue weighted by molar-refractivity contribution is 6.24. The van der Waals surface area contributed by atoms with Gasteiger partial charge in [0.05, 0.1) is 12.5 Å². The maximum atomic E-state index is 12.2. The lowest BCUT2D eigenvalue weighted by Gasteiger charge is -2.15. The Morgan fingerprint density at radius 3 is 2.72 bits per heavy atom. The number of rotatable bonds is 3. The van der Waals surface area contributed by atoms with E-state index in [1.54, 1.807) is 13.1 Å². The van der Waals surface area contributed by atoms with E-state index < -0.39 is 11.9 Å². The summed E-state index contributed by atoms with van der Waals surface area (Å²) in [5, 5.41) is 0. The highest BCUT2D eigenvalue weighted by atomic mass is 16.5. The molecule has 92 valence electrons. The molecule has 0 radical (unpaired) electrons. The Kier molecular flexibility index (Phi) is 3.67. The molecule has 1 aliphatic heterocycles. The van der Waals surface area contributed by atoms with E-state index in [2.05, 4.69) is 4.99 Å². The van der Waals surface area contributed by atoms with Crippen LogP contribution in [0, 0.1) is 0 Å². The van der Waals surface area contributed by atoms with Gasteiger partial charge in [-0.1, -0.05) is 30.3 Å². The van der Waals surface area contributed by atoms with Crippen LogP contribution in [-0.2, 0) is 14.3 Å². The molecule has 0 saturated carbocycles. The molecule has 0 bridgehead atoms. The summed E-state index contributed by atoms with van der Waals surface area (Å²) in [6, 6.07) is 9.24. The van der Waals surface area contributed by atoms with Crippen LogP contribution in [0.15, 0.2) is 47.1 Å². The Morgan fingerprint density at radius 1 is 1.33 bits per heavy atom. The highest BCUT2D eigenvalue weighted by Gasteiger charge is 2.29. The second-order valence-corrected chi connectivity index (χ2v) is 3.81. The largest absolute Gasteiger partial charge is 0.462 e. The van der Waals surface area contributed by atoms with Gasteiger partial charge < -0.3 is 4.74 Å². The van der Waals surface area contributed by atoms with E-state index >= 15 is 0 Å². The minimum Gasteiger partial charge on any atom is -0.462 e. The van der Waals surface area contributed by atoms with Gasteiger partial charge in [-0.3, -0.25) is 9.79 Å². The van der Waals surface area contributed by atoms with Crippen LogP contribution < -0.4 is 0 Å². The standard InChI is InChI=1S/C14H13NO3/c1-2-18-14(17)12-9-15-8-11(13(12)16)10-6-4-3-5-7-10/h3-9,11H,2H2,1H3. The Morgan fingerprint density at radius 2 is 2.06 bits per heavy atom. The Labute approximate surface area is 105 Å². The predicted molar refractivity (Wildman–Crippen MR) is 67.4 cm³/mol. The molecule has 4 nitrogen and oxygen atoms in total. The SMILES string of the molecule is CCOC(=O)C1=CN=CC(c2ccccc2)C1=O. The summed E-state index contributed by atoms with van der Waals surface area (Å²) < 4.78 is 4.83. The Hall–Kier alpha value is -2.23. The lowest BCUT2D eigenvalue weighted by Crippen LogP contribution is -2.25. The number of nitrogens with zero attached hydrogens (tertiary/aromatic N) is 1. The van der Waals surface area contributed by atoms with Gasteiger partial charge in [-0.25, -0.2) is 4.79 Å². The molecule has 0 fully saturated rings. The number of benzene rings is 1. The van der Waals surface area contributed by atoms with Crippen LogP contribution in [0.5, 0.6) is 0 Å². The average Bonchev–Trinajstić information content (AvgIpc) is 2.40. The Balaban J connectivity index is 2.24. The summed E-state index contributed by atoms with van der Waals surface area (Å²) in [6.45, 7) is 1.94. The van der Waals surface area contributed by atoms with Crippen molar-refractivity contribution >= 4 is 18.0 Å². The van der Waals surface area contributed by atoms with Gasteiger partial charge in [-0.05, 0) is 12.5 Å². The van der Waals surface area contributed by atoms with Crippen LogP contribution in [0.2, 0.25) is 0 Å². The van der Waals surface area contributed by atoms with Crippen LogP contribution in [0.25, 0.3) is 0 Å². The number of carbonyl (C=O) groups excluding carboxylic acids is 2. The van der Waals surface area contributed by atoms with Gasteiger partial charge in [0, 0.05) is 12.4 Å². The molecule has 1 aromatic rings.